The van der Waals surface area contributed by atoms with Crippen molar-refractivity contribution in [2.45, 2.75) is 18.8 Å². The van der Waals surface area contributed by atoms with Crippen LogP contribution in [0.5, 0.6) is 0 Å². The lowest BCUT2D eigenvalue weighted by atomic mass is 10.1. The van der Waals surface area contributed by atoms with Crippen molar-refractivity contribution in [1.82, 2.24) is 9.61 Å². The molecule has 5 rings (SSSR count). The molecule has 0 amide bonds. The summed E-state index contributed by atoms with van der Waals surface area (Å²) in [5.41, 5.74) is 4.81. The van der Waals surface area contributed by atoms with Crippen molar-refractivity contribution in [3.8, 4) is 11.3 Å². The first kappa shape index (κ1) is 12.0. The maximum absolute atomic E-state index is 4.91. The summed E-state index contributed by atoms with van der Waals surface area (Å²) in [6, 6.07) is 23.6. The molecule has 1 aliphatic rings. The topological polar surface area (TPSA) is 17.3 Å². The van der Waals surface area contributed by atoms with Gasteiger partial charge in [0.05, 0.1) is 11.2 Å². The van der Waals surface area contributed by atoms with Gasteiger partial charge >= 0.3 is 0 Å². The maximum Gasteiger partial charge on any atom is 0.0934 e. The summed E-state index contributed by atoms with van der Waals surface area (Å²) in [4.78, 5) is 0. The summed E-state index contributed by atoms with van der Waals surface area (Å²) in [6.07, 6.45) is 2.57. The predicted octanol–water partition coefficient (Wildman–Crippen LogP) is 5.03. The van der Waals surface area contributed by atoms with Gasteiger partial charge in [0.1, 0.15) is 0 Å². The zero-order chi connectivity index (χ0) is 14.5. The summed E-state index contributed by atoms with van der Waals surface area (Å²) >= 11 is 0. The summed E-state index contributed by atoms with van der Waals surface area (Å²) < 4.78 is 2.17. The normalized spacial score (nSPS) is 14.7. The van der Waals surface area contributed by atoms with Crippen LogP contribution in [0.15, 0.2) is 66.7 Å². The van der Waals surface area contributed by atoms with Gasteiger partial charge in [0.15, 0.2) is 0 Å². The first-order chi connectivity index (χ1) is 10.9. The number of hydrogen-bond donors (Lipinski definition) is 0. The van der Waals surface area contributed by atoms with Crippen molar-refractivity contribution in [3.63, 3.8) is 0 Å². The first-order valence-corrected chi connectivity index (χ1v) is 7.87. The summed E-state index contributed by atoms with van der Waals surface area (Å²) in [7, 11) is 0. The van der Waals surface area contributed by atoms with Crippen molar-refractivity contribution in [1.29, 1.82) is 0 Å². The number of fused-ring (bicyclic) bond motifs is 3. The summed E-state index contributed by atoms with van der Waals surface area (Å²) in [5, 5.41) is 7.51. The Hall–Kier alpha value is -2.61. The van der Waals surface area contributed by atoms with Crippen molar-refractivity contribution in [2.75, 3.05) is 0 Å². The molecule has 4 aromatic rings. The molecule has 0 saturated heterocycles. The Morgan fingerprint density at radius 2 is 1.64 bits per heavy atom. The van der Waals surface area contributed by atoms with E-state index in [2.05, 4.69) is 65.2 Å². The molecule has 2 aromatic heterocycles. The molecule has 1 aliphatic carbocycles. The Morgan fingerprint density at radius 1 is 0.864 bits per heavy atom. The van der Waals surface area contributed by atoms with Gasteiger partial charge in [-0.3, -0.25) is 0 Å². The van der Waals surface area contributed by atoms with E-state index < -0.39 is 0 Å². The third-order valence-electron chi connectivity index (χ3n) is 4.56. The SMILES string of the molecule is c1ccc(-c2cc3c4ccccc4cc(C4CC4)n3n2)cc1. The average molecular weight is 284 g/mol. The lowest BCUT2D eigenvalue weighted by Gasteiger charge is -2.07. The average Bonchev–Trinajstić information content (AvgIpc) is 3.32. The van der Waals surface area contributed by atoms with E-state index >= 15 is 0 Å². The highest BCUT2D eigenvalue weighted by Gasteiger charge is 2.27. The molecule has 0 spiro atoms. The molecule has 0 radical (unpaired) electrons. The summed E-state index contributed by atoms with van der Waals surface area (Å²) in [5.74, 6) is 0.677. The number of aromatic nitrogens is 2. The Labute approximate surface area is 129 Å². The van der Waals surface area contributed by atoms with Gasteiger partial charge in [-0.1, -0.05) is 54.6 Å². The quantitative estimate of drug-likeness (QED) is 0.504. The van der Waals surface area contributed by atoms with Gasteiger partial charge in [0, 0.05) is 22.6 Å². The lowest BCUT2D eigenvalue weighted by molar-refractivity contribution is 0.866. The highest BCUT2D eigenvalue weighted by molar-refractivity contribution is 5.97. The van der Waals surface area contributed by atoms with Crippen LogP contribution >= 0.6 is 0 Å². The second kappa shape index (κ2) is 4.44. The molecule has 22 heavy (non-hydrogen) atoms. The van der Waals surface area contributed by atoms with Crippen LogP contribution in [0.4, 0.5) is 0 Å². The minimum Gasteiger partial charge on any atom is -0.236 e. The molecule has 2 aromatic carbocycles. The van der Waals surface area contributed by atoms with Crippen molar-refractivity contribution < 1.29 is 0 Å². The third kappa shape index (κ3) is 1.77. The third-order valence-corrected chi connectivity index (χ3v) is 4.56. The van der Waals surface area contributed by atoms with E-state index in [4.69, 9.17) is 5.10 Å². The van der Waals surface area contributed by atoms with Gasteiger partial charge in [-0.2, -0.15) is 5.10 Å². The largest absolute Gasteiger partial charge is 0.236 e. The number of nitrogens with zero attached hydrogens (tertiary/aromatic N) is 2. The van der Waals surface area contributed by atoms with E-state index in [-0.39, 0.29) is 0 Å². The van der Waals surface area contributed by atoms with Crippen LogP contribution in [0.25, 0.3) is 27.5 Å². The minimum absolute atomic E-state index is 0.677. The minimum atomic E-state index is 0.677. The van der Waals surface area contributed by atoms with Crippen molar-refractivity contribution in [2.24, 2.45) is 0 Å². The van der Waals surface area contributed by atoms with Crippen LogP contribution < -0.4 is 0 Å². The second-order valence-electron chi connectivity index (χ2n) is 6.12. The van der Waals surface area contributed by atoms with Crippen LogP contribution in [-0.2, 0) is 0 Å². The smallest absolute Gasteiger partial charge is 0.0934 e. The highest BCUT2D eigenvalue weighted by atomic mass is 15.2. The zero-order valence-corrected chi connectivity index (χ0v) is 12.2. The molecule has 2 heteroatoms. The van der Waals surface area contributed by atoms with E-state index in [0.29, 0.717) is 5.92 Å². The fourth-order valence-electron chi connectivity index (χ4n) is 3.27. The van der Waals surface area contributed by atoms with E-state index in [1.165, 1.54) is 40.4 Å². The van der Waals surface area contributed by atoms with Gasteiger partial charge in [-0.15, -0.1) is 0 Å². The van der Waals surface area contributed by atoms with Gasteiger partial charge < -0.3 is 0 Å². The fourth-order valence-corrected chi connectivity index (χ4v) is 3.27. The van der Waals surface area contributed by atoms with Gasteiger partial charge in [-0.05, 0) is 30.4 Å². The van der Waals surface area contributed by atoms with Crippen LogP contribution in [0.1, 0.15) is 24.5 Å². The number of rotatable bonds is 2. The lowest BCUT2D eigenvalue weighted by Crippen LogP contribution is -1.97. The predicted molar refractivity (Wildman–Crippen MR) is 90.1 cm³/mol. The molecule has 0 atom stereocenters. The zero-order valence-electron chi connectivity index (χ0n) is 12.2. The number of pyridine rings is 1. The Bertz CT molecular complexity index is 979. The molecule has 0 aliphatic heterocycles. The van der Waals surface area contributed by atoms with E-state index in [1.807, 2.05) is 6.07 Å². The molecule has 2 heterocycles. The Kier molecular flexibility index (Phi) is 2.42. The van der Waals surface area contributed by atoms with E-state index in [0.717, 1.165) is 5.69 Å². The van der Waals surface area contributed by atoms with Crippen LogP contribution in [0, 0.1) is 0 Å². The molecule has 1 fully saturated rings. The molecule has 2 nitrogen and oxygen atoms in total. The second-order valence-corrected chi connectivity index (χ2v) is 6.12. The van der Waals surface area contributed by atoms with E-state index in [1.54, 1.807) is 0 Å². The summed E-state index contributed by atoms with van der Waals surface area (Å²) in [6.45, 7) is 0. The van der Waals surface area contributed by atoms with Crippen molar-refractivity contribution >= 4 is 16.3 Å². The molecular formula is C20H16N2. The molecular weight excluding hydrogens is 268 g/mol. The van der Waals surface area contributed by atoms with Crippen LogP contribution in [0.3, 0.4) is 0 Å². The fraction of sp³-hybridized carbons (Fsp3) is 0.150. The molecule has 1 saturated carbocycles. The molecule has 0 bridgehead atoms. The van der Waals surface area contributed by atoms with Gasteiger partial charge in [0.2, 0.25) is 0 Å². The van der Waals surface area contributed by atoms with Crippen LogP contribution in [0.2, 0.25) is 0 Å². The van der Waals surface area contributed by atoms with Gasteiger partial charge in [0.25, 0.3) is 0 Å². The van der Waals surface area contributed by atoms with Crippen LogP contribution in [-0.4, -0.2) is 9.61 Å². The molecule has 0 N–H and O–H groups in total. The van der Waals surface area contributed by atoms with Gasteiger partial charge in [-0.25, -0.2) is 4.52 Å². The number of hydrogen-bond acceptors (Lipinski definition) is 1. The first-order valence-electron chi connectivity index (χ1n) is 7.87. The highest BCUT2D eigenvalue weighted by Crippen LogP contribution is 2.42. The molecule has 0 unspecified atom stereocenters. The van der Waals surface area contributed by atoms with Crippen molar-refractivity contribution in [3.05, 3.63) is 72.4 Å². The maximum atomic E-state index is 4.91. The molecule has 106 valence electrons. The standard InChI is InChI=1S/C20H16N2/c1-2-6-14(7-3-1)18-13-20-17-9-5-4-8-16(17)12-19(15-10-11-15)22(20)21-18/h1-9,12-13,15H,10-11H2. The monoisotopic (exact) mass is 284 g/mol. The number of benzene rings is 2. The van der Waals surface area contributed by atoms with E-state index in [9.17, 15) is 0 Å². The Morgan fingerprint density at radius 3 is 2.45 bits per heavy atom. The Balaban J connectivity index is 1.86.